The topological polar surface area (TPSA) is 100 Å². The number of pyridine rings is 1. The van der Waals surface area contributed by atoms with Gasteiger partial charge >= 0.3 is 6.03 Å². The van der Waals surface area contributed by atoms with Gasteiger partial charge in [-0.05, 0) is 43.3 Å². The van der Waals surface area contributed by atoms with Crippen LogP contribution >= 0.6 is 0 Å². The van der Waals surface area contributed by atoms with E-state index in [0.717, 1.165) is 16.5 Å². The minimum Gasteiger partial charge on any atom is -0.324 e. The minimum atomic E-state index is -3.68. The van der Waals surface area contributed by atoms with Crippen LogP contribution in [0.1, 0.15) is 5.56 Å². The Kier molecular flexibility index (Phi) is 5.15. The molecule has 0 aliphatic carbocycles. The molecular formula is C18H18N4O3S. The first-order valence-electron chi connectivity index (χ1n) is 7.90. The van der Waals surface area contributed by atoms with Crippen molar-refractivity contribution in [3.05, 3.63) is 66.4 Å². The number of anilines is 1. The predicted octanol–water partition coefficient (Wildman–Crippen LogP) is 2.60. The maximum Gasteiger partial charge on any atom is 0.320 e. The van der Waals surface area contributed by atoms with Crippen LogP contribution < -0.4 is 15.4 Å². The van der Waals surface area contributed by atoms with E-state index < -0.39 is 16.1 Å². The number of nitrogens with one attached hydrogen (secondary N) is 3. The summed E-state index contributed by atoms with van der Waals surface area (Å²) in [4.78, 5) is 16.3. The van der Waals surface area contributed by atoms with Crippen molar-refractivity contribution in [2.75, 3.05) is 12.0 Å². The van der Waals surface area contributed by atoms with Gasteiger partial charge in [0.25, 0.3) is 0 Å². The molecule has 0 fully saturated rings. The summed E-state index contributed by atoms with van der Waals surface area (Å²) in [5.41, 5.74) is 2.38. The van der Waals surface area contributed by atoms with E-state index in [0.29, 0.717) is 5.69 Å². The number of urea groups is 1. The Morgan fingerprint density at radius 2 is 1.85 bits per heavy atom. The highest BCUT2D eigenvalue weighted by molar-refractivity contribution is 7.89. The Hall–Kier alpha value is -2.97. The number of sulfonamides is 1. The molecule has 1 heterocycles. The molecule has 0 unspecified atom stereocenters. The normalized spacial score (nSPS) is 11.3. The number of rotatable bonds is 5. The Labute approximate surface area is 151 Å². The number of nitrogens with zero attached hydrogens (tertiary/aromatic N) is 1. The maximum atomic E-state index is 12.1. The first kappa shape index (κ1) is 17.8. The van der Waals surface area contributed by atoms with Gasteiger partial charge in [-0.15, -0.1) is 0 Å². The number of aromatic nitrogens is 1. The maximum absolute atomic E-state index is 12.1. The molecule has 0 aliphatic rings. The molecule has 0 bridgehead atoms. The molecule has 0 atom stereocenters. The lowest BCUT2D eigenvalue weighted by Crippen LogP contribution is -2.39. The van der Waals surface area contributed by atoms with Crippen LogP contribution in [0.2, 0.25) is 0 Å². The van der Waals surface area contributed by atoms with Gasteiger partial charge in [0.15, 0.2) is 0 Å². The number of hydrogen-bond acceptors (Lipinski definition) is 4. The van der Waals surface area contributed by atoms with Gasteiger partial charge in [-0.3, -0.25) is 4.98 Å². The Morgan fingerprint density at radius 1 is 1.08 bits per heavy atom. The van der Waals surface area contributed by atoms with Crippen molar-refractivity contribution in [2.45, 2.75) is 11.8 Å². The fourth-order valence-corrected chi connectivity index (χ4v) is 3.26. The highest BCUT2D eigenvalue weighted by Gasteiger charge is 2.13. The van der Waals surface area contributed by atoms with Crippen LogP contribution in [0.25, 0.3) is 10.9 Å². The van der Waals surface area contributed by atoms with Gasteiger partial charge in [0, 0.05) is 17.3 Å². The molecule has 0 saturated heterocycles. The van der Waals surface area contributed by atoms with Crippen LogP contribution in [0, 0.1) is 6.92 Å². The molecule has 7 nitrogen and oxygen atoms in total. The van der Waals surface area contributed by atoms with Gasteiger partial charge < -0.3 is 10.6 Å². The van der Waals surface area contributed by atoms with Crippen molar-refractivity contribution in [3.8, 4) is 0 Å². The van der Waals surface area contributed by atoms with E-state index in [-0.39, 0.29) is 11.6 Å². The number of carbonyl (C=O) groups excluding carboxylic acids is 1. The average Bonchev–Trinajstić information content (AvgIpc) is 2.62. The smallest absolute Gasteiger partial charge is 0.320 e. The molecule has 134 valence electrons. The zero-order valence-corrected chi connectivity index (χ0v) is 14.9. The summed E-state index contributed by atoms with van der Waals surface area (Å²) in [6.45, 7) is 1.65. The molecule has 2 amide bonds. The van der Waals surface area contributed by atoms with Gasteiger partial charge in [0.1, 0.15) is 0 Å². The second-order valence-corrected chi connectivity index (χ2v) is 7.45. The van der Waals surface area contributed by atoms with Gasteiger partial charge in [-0.25, -0.2) is 13.2 Å². The number of carbonyl (C=O) groups is 1. The zero-order chi connectivity index (χ0) is 18.6. The fraction of sp³-hybridized carbons (Fsp3) is 0.111. The van der Waals surface area contributed by atoms with Crippen LogP contribution in [-0.2, 0) is 10.0 Å². The quantitative estimate of drug-likeness (QED) is 0.601. The molecule has 2 aromatic carbocycles. The molecule has 8 heteroatoms. The fourth-order valence-electron chi connectivity index (χ4n) is 2.34. The third-order valence-corrected chi connectivity index (χ3v) is 5.12. The Balaban J connectivity index is 1.55. The molecule has 0 radical (unpaired) electrons. The van der Waals surface area contributed by atoms with Crippen LogP contribution in [0.4, 0.5) is 10.5 Å². The predicted molar refractivity (Wildman–Crippen MR) is 100 cm³/mol. The van der Waals surface area contributed by atoms with Crippen LogP contribution in [0.3, 0.4) is 0 Å². The highest BCUT2D eigenvalue weighted by atomic mass is 32.2. The molecule has 0 saturated carbocycles. The summed E-state index contributed by atoms with van der Waals surface area (Å²) in [6.07, 6.45) is 1.70. The lowest BCUT2D eigenvalue weighted by Gasteiger charge is -2.10. The zero-order valence-electron chi connectivity index (χ0n) is 14.1. The third-order valence-electron chi connectivity index (χ3n) is 3.70. The Morgan fingerprint density at radius 3 is 2.62 bits per heavy atom. The van der Waals surface area contributed by atoms with Crippen molar-refractivity contribution in [2.24, 2.45) is 0 Å². The highest BCUT2D eigenvalue weighted by Crippen LogP contribution is 2.16. The van der Waals surface area contributed by atoms with Crippen LogP contribution in [0.15, 0.2) is 65.7 Å². The number of fused-ring (bicyclic) bond motifs is 1. The van der Waals surface area contributed by atoms with E-state index in [1.807, 2.05) is 19.1 Å². The number of benzene rings is 2. The third kappa shape index (κ3) is 4.35. The first-order valence-corrected chi connectivity index (χ1v) is 9.38. The minimum absolute atomic E-state index is 0.146. The molecule has 3 aromatic rings. The summed E-state index contributed by atoms with van der Waals surface area (Å²) in [5.74, 6) is 0. The van der Waals surface area contributed by atoms with Crippen molar-refractivity contribution in [1.29, 1.82) is 0 Å². The molecule has 3 rings (SSSR count). The van der Waals surface area contributed by atoms with E-state index in [1.54, 1.807) is 36.5 Å². The first-order chi connectivity index (χ1) is 12.4. The summed E-state index contributed by atoms with van der Waals surface area (Å²) < 4.78 is 26.6. The molecule has 0 spiro atoms. The largest absolute Gasteiger partial charge is 0.324 e. The SMILES string of the molecule is Cc1ccc(S(=O)(=O)NCNC(=O)Nc2ccc3ncccc3c2)cc1. The van der Waals surface area contributed by atoms with Gasteiger partial charge in [-0.1, -0.05) is 23.8 Å². The van der Waals surface area contributed by atoms with Gasteiger partial charge in [0.05, 0.1) is 17.1 Å². The van der Waals surface area contributed by atoms with E-state index >= 15 is 0 Å². The summed E-state index contributed by atoms with van der Waals surface area (Å²) in [5, 5.41) is 6.01. The van der Waals surface area contributed by atoms with Crippen LogP contribution in [-0.4, -0.2) is 26.1 Å². The van der Waals surface area contributed by atoms with Crippen molar-refractivity contribution in [1.82, 2.24) is 15.0 Å². The summed E-state index contributed by atoms with van der Waals surface area (Å²) in [6, 6.07) is 15.0. The van der Waals surface area contributed by atoms with E-state index in [9.17, 15) is 13.2 Å². The molecule has 26 heavy (non-hydrogen) atoms. The second-order valence-electron chi connectivity index (χ2n) is 5.68. The van der Waals surface area contributed by atoms with Crippen LogP contribution in [0.5, 0.6) is 0 Å². The van der Waals surface area contributed by atoms with E-state index in [4.69, 9.17) is 0 Å². The van der Waals surface area contributed by atoms with Crippen molar-refractivity contribution < 1.29 is 13.2 Å². The molecule has 0 aliphatic heterocycles. The number of amides is 2. The molecule has 3 N–H and O–H groups in total. The summed E-state index contributed by atoms with van der Waals surface area (Å²) in [7, 11) is -3.68. The average molecular weight is 370 g/mol. The monoisotopic (exact) mass is 370 g/mol. The van der Waals surface area contributed by atoms with Gasteiger partial charge in [0.2, 0.25) is 10.0 Å². The van der Waals surface area contributed by atoms with Gasteiger partial charge in [-0.2, -0.15) is 4.72 Å². The second kappa shape index (κ2) is 7.51. The van der Waals surface area contributed by atoms with Crippen molar-refractivity contribution >= 4 is 32.6 Å². The standard InChI is InChI=1S/C18H18N4O3S/c1-13-4-7-16(8-5-13)26(24,25)21-12-20-18(23)22-15-6-9-17-14(11-15)3-2-10-19-17/h2-11,21H,12H2,1H3,(H2,20,22,23). The lowest BCUT2D eigenvalue weighted by molar-refractivity contribution is 0.252. The molecular weight excluding hydrogens is 352 g/mol. The molecule has 1 aromatic heterocycles. The number of hydrogen-bond donors (Lipinski definition) is 3. The van der Waals surface area contributed by atoms with E-state index in [2.05, 4.69) is 20.3 Å². The Bertz CT molecular complexity index is 1030. The number of aryl methyl sites for hydroxylation is 1. The van der Waals surface area contributed by atoms with E-state index in [1.165, 1.54) is 12.1 Å². The summed E-state index contributed by atoms with van der Waals surface area (Å²) >= 11 is 0. The van der Waals surface area contributed by atoms with Crippen molar-refractivity contribution in [3.63, 3.8) is 0 Å². The lowest BCUT2D eigenvalue weighted by atomic mass is 10.2.